The molecular weight excluding hydrogens is 338 g/mol. The van der Waals surface area contributed by atoms with Crippen LogP contribution in [0.5, 0.6) is 5.75 Å². The zero-order chi connectivity index (χ0) is 18.0. The zero-order valence-corrected chi connectivity index (χ0v) is 14.6. The number of aryl methyl sites for hydroxylation is 1. The topological polar surface area (TPSA) is 88.2 Å². The third-order valence-corrected chi connectivity index (χ3v) is 4.73. The molecule has 0 saturated carbocycles. The van der Waals surface area contributed by atoms with E-state index in [0.717, 1.165) is 23.0 Å². The molecular formula is C18H17N3O3S. The standard InChI is InChI=1S/C18H17N3O3S/c1-11-7-9-13(10-8-11)21-16(14-5-3-4-6-15(14)22)19-20-18(21)25-12(2)17(23)24/h3-10,12,22H,1-2H3,(H,23,24)/t12-/m0/s1. The Labute approximate surface area is 149 Å². The van der Waals surface area contributed by atoms with Gasteiger partial charge in [0.05, 0.1) is 5.56 Å². The van der Waals surface area contributed by atoms with E-state index in [1.807, 2.05) is 31.2 Å². The fraction of sp³-hybridized carbons (Fsp3) is 0.167. The summed E-state index contributed by atoms with van der Waals surface area (Å²) < 4.78 is 1.76. The highest BCUT2D eigenvalue weighted by Gasteiger charge is 2.22. The van der Waals surface area contributed by atoms with Gasteiger partial charge in [0.15, 0.2) is 11.0 Å². The Bertz CT molecular complexity index is 906. The van der Waals surface area contributed by atoms with Gasteiger partial charge in [-0.1, -0.05) is 41.6 Å². The molecule has 7 heteroatoms. The quantitative estimate of drug-likeness (QED) is 0.681. The first-order valence-corrected chi connectivity index (χ1v) is 8.55. The summed E-state index contributed by atoms with van der Waals surface area (Å²) in [5, 5.41) is 27.5. The summed E-state index contributed by atoms with van der Waals surface area (Å²) in [6.45, 7) is 3.59. The number of benzene rings is 2. The van der Waals surface area contributed by atoms with E-state index in [1.54, 1.807) is 35.8 Å². The number of thioether (sulfide) groups is 1. The van der Waals surface area contributed by atoms with E-state index >= 15 is 0 Å². The molecule has 0 amide bonds. The van der Waals surface area contributed by atoms with Crippen LogP contribution in [0.2, 0.25) is 0 Å². The minimum Gasteiger partial charge on any atom is -0.507 e. The summed E-state index contributed by atoms with van der Waals surface area (Å²) in [4.78, 5) is 11.2. The first-order chi connectivity index (χ1) is 12.0. The number of carboxylic acid groups (broad SMARTS) is 1. The number of phenolic OH excluding ortho intramolecular Hbond substituents is 1. The van der Waals surface area contributed by atoms with Gasteiger partial charge in [0.2, 0.25) is 0 Å². The molecule has 0 saturated heterocycles. The van der Waals surface area contributed by atoms with E-state index < -0.39 is 11.2 Å². The maximum absolute atomic E-state index is 11.2. The molecule has 3 aromatic rings. The van der Waals surface area contributed by atoms with Crippen LogP contribution in [0.4, 0.5) is 0 Å². The van der Waals surface area contributed by atoms with Crippen LogP contribution in [0.15, 0.2) is 53.7 Å². The Balaban J connectivity index is 2.16. The van der Waals surface area contributed by atoms with Crippen LogP contribution in [0.3, 0.4) is 0 Å². The van der Waals surface area contributed by atoms with Crippen LogP contribution in [0.1, 0.15) is 12.5 Å². The van der Waals surface area contributed by atoms with Gasteiger partial charge in [-0.25, -0.2) is 0 Å². The lowest BCUT2D eigenvalue weighted by Gasteiger charge is -2.12. The number of aromatic hydroxyl groups is 1. The summed E-state index contributed by atoms with van der Waals surface area (Å²) in [6.07, 6.45) is 0. The van der Waals surface area contributed by atoms with E-state index in [9.17, 15) is 15.0 Å². The highest BCUT2D eigenvalue weighted by Crippen LogP contribution is 2.33. The number of carbonyl (C=O) groups is 1. The molecule has 0 aliphatic heterocycles. The van der Waals surface area contributed by atoms with Crippen LogP contribution in [0, 0.1) is 6.92 Å². The fourth-order valence-electron chi connectivity index (χ4n) is 2.32. The highest BCUT2D eigenvalue weighted by molar-refractivity contribution is 8.00. The van der Waals surface area contributed by atoms with Crippen molar-refractivity contribution in [3.63, 3.8) is 0 Å². The van der Waals surface area contributed by atoms with Crippen LogP contribution < -0.4 is 0 Å². The second-order valence-electron chi connectivity index (χ2n) is 5.59. The second-order valence-corrected chi connectivity index (χ2v) is 6.90. The van der Waals surface area contributed by atoms with Crippen molar-refractivity contribution in [3.05, 3.63) is 54.1 Å². The Kier molecular flexibility index (Phi) is 4.76. The maximum Gasteiger partial charge on any atom is 0.316 e. The number of rotatable bonds is 5. The average molecular weight is 355 g/mol. The Morgan fingerprint density at radius 2 is 1.80 bits per heavy atom. The molecule has 2 aromatic carbocycles. The van der Waals surface area contributed by atoms with Gasteiger partial charge in [-0.3, -0.25) is 9.36 Å². The second kappa shape index (κ2) is 6.98. The molecule has 128 valence electrons. The fourth-order valence-corrected chi connectivity index (χ4v) is 3.12. The number of hydrogen-bond acceptors (Lipinski definition) is 5. The number of carboxylic acids is 1. The number of phenols is 1. The molecule has 0 radical (unpaired) electrons. The number of nitrogens with zero attached hydrogens (tertiary/aromatic N) is 3. The van der Waals surface area contributed by atoms with E-state index in [4.69, 9.17) is 0 Å². The SMILES string of the molecule is Cc1ccc(-n2c(S[C@@H](C)C(=O)O)nnc2-c2ccccc2O)cc1. The molecule has 0 aliphatic rings. The van der Waals surface area contributed by atoms with Crippen molar-refractivity contribution in [2.75, 3.05) is 0 Å². The Hall–Kier alpha value is -2.80. The molecule has 1 heterocycles. The summed E-state index contributed by atoms with van der Waals surface area (Å²) in [5.41, 5.74) is 2.44. The van der Waals surface area contributed by atoms with Crippen LogP contribution >= 0.6 is 11.8 Å². The van der Waals surface area contributed by atoms with Crippen molar-refractivity contribution in [1.82, 2.24) is 14.8 Å². The van der Waals surface area contributed by atoms with Crippen molar-refractivity contribution in [2.45, 2.75) is 24.3 Å². The third kappa shape index (κ3) is 3.51. The van der Waals surface area contributed by atoms with Crippen LogP contribution in [-0.2, 0) is 4.79 Å². The predicted octanol–water partition coefficient (Wildman–Crippen LogP) is 3.51. The van der Waals surface area contributed by atoms with Crippen LogP contribution in [0.25, 0.3) is 17.1 Å². The maximum atomic E-state index is 11.2. The normalized spacial score (nSPS) is 12.1. The lowest BCUT2D eigenvalue weighted by molar-refractivity contribution is -0.136. The zero-order valence-electron chi connectivity index (χ0n) is 13.7. The Morgan fingerprint density at radius 3 is 2.44 bits per heavy atom. The van der Waals surface area contributed by atoms with Gasteiger partial charge < -0.3 is 10.2 Å². The lowest BCUT2D eigenvalue weighted by atomic mass is 10.1. The molecule has 0 aliphatic carbocycles. The monoisotopic (exact) mass is 355 g/mol. The summed E-state index contributed by atoms with van der Waals surface area (Å²) in [6, 6.07) is 14.6. The van der Waals surface area contributed by atoms with E-state index in [1.165, 1.54) is 0 Å². The van der Waals surface area contributed by atoms with Gasteiger partial charge >= 0.3 is 5.97 Å². The Morgan fingerprint density at radius 1 is 1.12 bits per heavy atom. The third-order valence-electron chi connectivity index (χ3n) is 3.70. The van der Waals surface area contributed by atoms with Crippen LogP contribution in [-0.4, -0.2) is 36.2 Å². The summed E-state index contributed by atoms with van der Waals surface area (Å²) in [7, 11) is 0. The molecule has 0 spiro atoms. The first-order valence-electron chi connectivity index (χ1n) is 7.67. The van der Waals surface area contributed by atoms with Gasteiger partial charge in [0.25, 0.3) is 0 Å². The highest BCUT2D eigenvalue weighted by atomic mass is 32.2. The molecule has 0 unspecified atom stereocenters. The van der Waals surface area contributed by atoms with Crippen molar-refractivity contribution in [1.29, 1.82) is 0 Å². The van der Waals surface area contributed by atoms with Gasteiger partial charge in [-0.05, 0) is 38.1 Å². The van der Waals surface area contributed by atoms with Crippen molar-refractivity contribution in [2.24, 2.45) is 0 Å². The first kappa shape index (κ1) is 17.0. The molecule has 0 bridgehead atoms. The summed E-state index contributed by atoms with van der Waals surface area (Å²) >= 11 is 1.11. The molecule has 2 N–H and O–H groups in total. The smallest absolute Gasteiger partial charge is 0.316 e. The van der Waals surface area contributed by atoms with Crippen molar-refractivity contribution >= 4 is 17.7 Å². The molecule has 1 aromatic heterocycles. The largest absolute Gasteiger partial charge is 0.507 e. The number of aliphatic carboxylic acids is 1. The van der Waals surface area contributed by atoms with Gasteiger partial charge in [-0.2, -0.15) is 0 Å². The average Bonchev–Trinajstić information content (AvgIpc) is 2.99. The number of aromatic nitrogens is 3. The minimum atomic E-state index is -0.924. The minimum absolute atomic E-state index is 0.0890. The molecule has 1 atom stereocenters. The summed E-state index contributed by atoms with van der Waals surface area (Å²) in [5.74, 6) is -0.374. The molecule has 3 rings (SSSR count). The molecule has 6 nitrogen and oxygen atoms in total. The lowest BCUT2D eigenvalue weighted by Crippen LogP contribution is -2.12. The van der Waals surface area contributed by atoms with Crippen molar-refractivity contribution < 1.29 is 15.0 Å². The molecule has 25 heavy (non-hydrogen) atoms. The van der Waals surface area contributed by atoms with E-state index in [-0.39, 0.29) is 5.75 Å². The van der Waals surface area contributed by atoms with Gasteiger partial charge in [0, 0.05) is 5.69 Å². The number of para-hydroxylation sites is 1. The van der Waals surface area contributed by atoms with Crippen molar-refractivity contribution in [3.8, 4) is 22.8 Å². The van der Waals surface area contributed by atoms with E-state index in [2.05, 4.69) is 10.2 Å². The number of hydrogen-bond donors (Lipinski definition) is 2. The van der Waals surface area contributed by atoms with E-state index in [0.29, 0.717) is 16.5 Å². The van der Waals surface area contributed by atoms with Gasteiger partial charge in [-0.15, -0.1) is 10.2 Å². The predicted molar refractivity (Wildman–Crippen MR) is 96.2 cm³/mol. The molecule has 0 fully saturated rings. The van der Waals surface area contributed by atoms with Gasteiger partial charge in [0.1, 0.15) is 11.0 Å².